The summed E-state index contributed by atoms with van der Waals surface area (Å²) in [6.45, 7) is 3.69. The molecule has 1 aliphatic carbocycles. The molecule has 8 nitrogen and oxygen atoms in total. The van der Waals surface area contributed by atoms with Gasteiger partial charge in [-0.05, 0) is 35.1 Å². The number of aliphatic carboxylic acids is 1. The molecule has 2 aromatic rings. The van der Waals surface area contributed by atoms with E-state index in [1.54, 1.807) is 0 Å². The van der Waals surface area contributed by atoms with Crippen LogP contribution >= 0.6 is 0 Å². The number of aliphatic hydroxyl groups excluding tert-OH is 1. The summed E-state index contributed by atoms with van der Waals surface area (Å²) in [4.78, 5) is 38.7. The Bertz CT molecular complexity index is 974. The molecule has 0 fully saturated rings. The van der Waals surface area contributed by atoms with Crippen LogP contribution in [-0.4, -0.2) is 64.9 Å². The molecule has 0 aromatic heterocycles. The van der Waals surface area contributed by atoms with Crippen molar-refractivity contribution in [1.82, 2.24) is 10.2 Å². The van der Waals surface area contributed by atoms with Gasteiger partial charge in [0.05, 0.1) is 13.0 Å². The second-order valence-electron chi connectivity index (χ2n) is 8.35. The summed E-state index contributed by atoms with van der Waals surface area (Å²) >= 11 is 0. The molecule has 2 amide bonds. The first kappa shape index (κ1) is 25.2. The number of hydrogen-bond acceptors (Lipinski definition) is 5. The maximum atomic E-state index is 13.1. The standard InChI is InChI=1S/C26H32N2O6/c1-3-17(4-2)28(13-14-29)25(32)23(15-24(30)31)27-26(33)34-16-22-20-11-7-5-9-18(20)19-10-6-8-12-21(19)22/h5-12,17,22-23,29H,3-4,13-16H2,1-2H3,(H,27,33)(H,30,31). The van der Waals surface area contributed by atoms with Crippen molar-refractivity contribution >= 4 is 18.0 Å². The van der Waals surface area contributed by atoms with Gasteiger partial charge in [0.1, 0.15) is 12.6 Å². The summed E-state index contributed by atoms with van der Waals surface area (Å²) in [6.07, 6.45) is -0.139. The zero-order chi connectivity index (χ0) is 24.7. The van der Waals surface area contributed by atoms with Crippen molar-refractivity contribution < 1.29 is 29.3 Å². The Morgan fingerprint density at radius 3 is 2.06 bits per heavy atom. The summed E-state index contributed by atoms with van der Waals surface area (Å²) in [5.41, 5.74) is 4.29. The van der Waals surface area contributed by atoms with Crippen LogP contribution in [0.2, 0.25) is 0 Å². The van der Waals surface area contributed by atoms with Gasteiger partial charge in [-0.3, -0.25) is 9.59 Å². The first-order chi connectivity index (χ1) is 16.4. The number of carbonyl (C=O) groups excluding carboxylic acids is 2. The van der Waals surface area contributed by atoms with E-state index in [0.29, 0.717) is 12.8 Å². The molecule has 1 atom stereocenters. The molecule has 0 saturated heterocycles. The first-order valence-electron chi connectivity index (χ1n) is 11.7. The van der Waals surface area contributed by atoms with E-state index in [9.17, 15) is 24.6 Å². The minimum Gasteiger partial charge on any atom is -0.481 e. The van der Waals surface area contributed by atoms with E-state index in [1.165, 1.54) is 4.90 Å². The predicted octanol–water partition coefficient (Wildman–Crippen LogP) is 3.38. The number of alkyl carbamates (subject to hydrolysis) is 1. The quantitative estimate of drug-likeness (QED) is 0.466. The van der Waals surface area contributed by atoms with Crippen LogP contribution in [0.5, 0.6) is 0 Å². The first-order valence-corrected chi connectivity index (χ1v) is 11.7. The van der Waals surface area contributed by atoms with Crippen molar-refractivity contribution in [3.8, 4) is 11.1 Å². The number of nitrogens with one attached hydrogen (secondary N) is 1. The molecular formula is C26H32N2O6. The number of nitrogens with zero attached hydrogens (tertiary/aromatic N) is 1. The third-order valence-electron chi connectivity index (χ3n) is 6.32. The van der Waals surface area contributed by atoms with Gasteiger partial charge in [0.2, 0.25) is 5.91 Å². The third-order valence-corrected chi connectivity index (χ3v) is 6.32. The van der Waals surface area contributed by atoms with Crippen LogP contribution < -0.4 is 5.32 Å². The van der Waals surface area contributed by atoms with Crippen molar-refractivity contribution in [1.29, 1.82) is 0 Å². The number of rotatable bonds is 11. The van der Waals surface area contributed by atoms with Gasteiger partial charge in [0, 0.05) is 18.5 Å². The number of amides is 2. The molecule has 34 heavy (non-hydrogen) atoms. The fourth-order valence-corrected chi connectivity index (χ4v) is 4.67. The van der Waals surface area contributed by atoms with E-state index in [2.05, 4.69) is 5.32 Å². The van der Waals surface area contributed by atoms with Gasteiger partial charge in [0.15, 0.2) is 0 Å². The molecular weight excluding hydrogens is 436 g/mol. The van der Waals surface area contributed by atoms with Crippen molar-refractivity contribution in [2.24, 2.45) is 0 Å². The number of fused-ring (bicyclic) bond motifs is 3. The molecule has 0 radical (unpaired) electrons. The van der Waals surface area contributed by atoms with Crippen molar-refractivity contribution in [2.45, 2.75) is 51.1 Å². The Kier molecular flexibility index (Phi) is 8.65. The van der Waals surface area contributed by atoms with Crippen molar-refractivity contribution in [2.75, 3.05) is 19.8 Å². The lowest BCUT2D eigenvalue weighted by atomic mass is 9.98. The third kappa shape index (κ3) is 5.56. The van der Waals surface area contributed by atoms with E-state index in [1.807, 2.05) is 62.4 Å². The highest BCUT2D eigenvalue weighted by Crippen LogP contribution is 2.44. The van der Waals surface area contributed by atoms with Crippen LogP contribution in [0, 0.1) is 0 Å². The number of benzene rings is 2. The number of aliphatic hydroxyl groups is 1. The lowest BCUT2D eigenvalue weighted by Crippen LogP contribution is -2.53. The lowest BCUT2D eigenvalue weighted by molar-refractivity contribution is -0.144. The molecule has 3 N–H and O–H groups in total. The number of carboxylic acids is 1. The number of hydrogen-bond donors (Lipinski definition) is 3. The maximum Gasteiger partial charge on any atom is 0.407 e. The van der Waals surface area contributed by atoms with Crippen LogP contribution in [-0.2, 0) is 14.3 Å². The molecule has 1 aliphatic rings. The van der Waals surface area contributed by atoms with E-state index >= 15 is 0 Å². The molecule has 182 valence electrons. The lowest BCUT2D eigenvalue weighted by Gasteiger charge is -2.33. The maximum absolute atomic E-state index is 13.1. The molecule has 0 aliphatic heterocycles. The predicted molar refractivity (Wildman–Crippen MR) is 127 cm³/mol. The second kappa shape index (κ2) is 11.7. The molecule has 1 unspecified atom stereocenters. The second-order valence-corrected chi connectivity index (χ2v) is 8.35. The fraction of sp³-hybridized carbons (Fsp3) is 0.423. The molecule has 3 rings (SSSR count). The number of ether oxygens (including phenoxy) is 1. The fourth-order valence-electron chi connectivity index (χ4n) is 4.67. The molecule has 0 bridgehead atoms. The number of carboxylic acid groups (broad SMARTS) is 1. The van der Waals surface area contributed by atoms with Crippen LogP contribution in [0.15, 0.2) is 48.5 Å². The van der Waals surface area contributed by atoms with E-state index in [4.69, 9.17) is 4.74 Å². The zero-order valence-corrected chi connectivity index (χ0v) is 19.6. The molecule has 0 spiro atoms. The minimum absolute atomic E-state index is 0.0563. The SMILES string of the molecule is CCC(CC)N(CCO)C(=O)C(CC(=O)O)NC(=O)OCC1c2ccccc2-c2ccccc21. The van der Waals surface area contributed by atoms with Gasteiger partial charge in [-0.2, -0.15) is 0 Å². The van der Waals surface area contributed by atoms with Gasteiger partial charge < -0.3 is 25.2 Å². The van der Waals surface area contributed by atoms with Crippen molar-refractivity contribution in [3.05, 3.63) is 59.7 Å². The highest BCUT2D eigenvalue weighted by Gasteiger charge is 2.33. The van der Waals surface area contributed by atoms with Gasteiger partial charge >= 0.3 is 12.1 Å². The normalized spacial score (nSPS) is 13.2. The minimum atomic E-state index is -1.29. The number of carbonyl (C=O) groups is 3. The van der Waals surface area contributed by atoms with Crippen LogP contribution in [0.3, 0.4) is 0 Å². The van der Waals surface area contributed by atoms with Crippen LogP contribution in [0.25, 0.3) is 11.1 Å². The smallest absolute Gasteiger partial charge is 0.407 e. The summed E-state index contributed by atoms with van der Waals surface area (Å²) in [5.74, 6) is -1.91. The van der Waals surface area contributed by atoms with E-state index < -0.39 is 30.4 Å². The van der Waals surface area contributed by atoms with E-state index in [0.717, 1.165) is 22.3 Å². The zero-order valence-electron chi connectivity index (χ0n) is 19.6. The van der Waals surface area contributed by atoms with Crippen LogP contribution in [0.1, 0.15) is 50.2 Å². The largest absolute Gasteiger partial charge is 0.481 e. The Labute approximate surface area is 199 Å². The summed E-state index contributed by atoms with van der Waals surface area (Å²) in [7, 11) is 0. The van der Waals surface area contributed by atoms with Gasteiger partial charge in [-0.1, -0.05) is 62.4 Å². The molecule has 2 aromatic carbocycles. The van der Waals surface area contributed by atoms with Gasteiger partial charge in [-0.25, -0.2) is 4.79 Å². The summed E-state index contributed by atoms with van der Waals surface area (Å²) < 4.78 is 5.49. The Morgan fingerprint density at radius 2 is 1.56 bits per heavy atom. The highest BCUT2D eigenvalue weighted by molar-refractivity contribution is 5.89. The highest BCUT2D eigenvalue weighted by atomic mass is 16.5. The Morgan fingerprint density at radius 1 is 1.00 bits per heavy atom. The Hall–Kier alpha value is -3.39. The Balaban J connectivity index is 1.72. The van der Waals surface area contributed by atoms with Crippen LogP contribution in [0.4, 0.5) is 4.79 Å². The monoisotopic (exact) mass is 468 g/mol. The topological polar surface area (TPSA) is 116 Å². The summed E-state index contributed by atoms with van der Waals surface area (Å²) in [5, 5.41) is 21.2. The molecule has 0 saturated carbocycles. The van der Waals surface area contributed by atoms with E-state index in [-0.39, 0.29) is 31.7 Å². The van der Waals surface area contributed by atoms with Gasteiger partial charge in [0.25, 0.3) is 0 Å². The average molecular weight is 469 g/mol. The average Bonchev–Trinajstić information content (AvgIpc) is 3.15. The molecule has 0 heterocycles. The summed E-state index contributed by atoms with van der Waals surface area (Å²) in [6, 6.07) is 14.4. The molecule has 8 heteroatoms. The van der Waals surface area contributed by atoms with Gasteiger partial charge in [-0.15, -0.1) is 0 Å². The van der Waals surface area contributed by atoms with Crippen molar-refractivity contribution in [3.63, 3.8) is 0 Å².